The van der Waals surface area contributed by atoms with Gasteiger partial charge in [-0.15, -0.1) is 11.3 Å². The van der Waals surface area contributed by atoms with Gasteiger partial charge in [-0.3, -0.25) is 4.79 Å². The molecule has 0 unspecified atom stereocenters. The molecule has 1 amide bonds. The van der Waals surface area contributed by atoms with E-state index >= 15 is 0 Å². The van der Waals surface area contributed by atoms with Crippen molar-refractivity contribution < 1.29 is 26.3 Å². The lowest BCUT2D eigenvalue weighted by Gasteiger charge is -2.01. The average molecular weight is 418 g/mol. The number of hydrogen-bond acceptors (Lipinski definition) is 3. The zero-order valence-electron chi connectivity index (χ0n) is 13.8. The third-order valence-electron chi connectivity index (χ3n) is 3.67. The molecule has 0 aliphatic heterocycles. The molecule has 0 saturated carbocycles. The van der Waals surface area contributed by atoms with E-state index in [1.807, 2.05) is 66.3 Å². The van der Waals surface area contributed by atoms with Crippen molar-refractivity contribution in [2.45, 2.75) is 25.8 Å². The monoisotopic (exact) mass is 417 g/mol. The smallest absolute Gasteiger partial charge is 0.226 e. The van der Waals surface area contributed by atoms with Gasteiger partial charge in [0.25, 0.3) is 0 Å². The molecule has 0 radical (unpaired) electrons. The molecule has 0 atom stereocenters. The molecule has 0 spiro atoms. The number of carbonyl (C=O) groups is 1. The quantitative estimate of drug-likeness (QED) is 0.458. The Kier molecular flexibility index (Phi) is 7.76. The van der Waals surface area contributed by atoms with Crippen LogP contribution in [-0.2, 0) is 11.3 Å². The van der Waals surface area contributed by atoms with Gasteiger partial charge < -0.3 is 22.3 Å². The number of benzene rings is 1. The first-order valence-corrected chi connectivity index (χ1v) is 8.94. The van der Waals surface area contributed by atoms with Crippen molar-refractivity contribution in [2.24, 2.45) is 0 Å². The van der Waals surface area contributed by atoms with Gasteiger partial charge in [-0.1, -0.05) is 36.4 Å². The number of aromatic nitrogens is 2. The number of anilines is 1. The first-order chi connectivity index (χ1) is 11.8. The van der Waals surface area contributed by atoms with E-state index in [1.165, 1.54) is 11.3 Å². The fourth-order valence-corrected chi connectivity index (χ4v) is 3.15. The summed E-state index contributed by atoms with van der Waals surface area (Å²) < 4.78 is 2.13. The second-order valence-corrected chi connectivity index (χ2v) is 6.38. The highest BCUT2D eigenvalue weighted by Crippen LogP contribution is 2.24. The van der Waals surface area contributed by atoms with Crippen LogP contribution < -0.4 is 26.9 Å². The van der Waals surface area contributed by atoms with Gasteiger partial charge in [0.1, 0.15) is 6.54 Å². The maximum absolute atomic E-state index is 12.0. The Balaban J connectivity index is 0.00000225. The fraction of sp³-hybridized carbons (Fsp3) is 0.211. The fourth-order valence-electron chi connectivity index (χ4n) is 2.42. The van der Waals surface area contributed by atoms with Crippen molar-refractivity contribution in [1.29, 1.82) is 0 Å². The van der Waals surface area contributed by atoms with Gasteiger partial charge in [-0.2, -0.15) is 0 Å². The Morgan fingerprint density at radius 3 is 2.52 bits per heavy atom. The number of amides is 1. The van der Waals surface area contributed by atoms with Gasteiger partial charge in [0, 0.05) is 35.9 Å². The van der Waals surface area contributed by atoms with E-state index in [0.717, 1.165) is 30.6 Å². The average Bonchev–Trinajstić information content (AvgIpc) is 3.09. The van der Waals surface area contributed by atoms with E-state index in [0.29, 0.717) is 11.6 Å². The van der Waals surface area contributed by atoms with Crippen LogP contribution in [0.15, 0.2) is 66.3 Å². The van der Waals surface area contributed by atoms with E-state index < -0.39 is 0 Å². The zero-order chi connectivity index (χ0) is 16.6. The molecule has 0 aliphatic rings. The maximum Gasteiger partial charge on any atom is 0.226 e. The summed E-state index contributed by atoms with van der Waals surface area (Å²) in [4.78, 5) is 16.5. The molecule has 4 nitrogen and oxygen atoms in total. The number of nitrogens with zero attached hydrogens (tertiary/aromatic N) is 2. The number of halogens is 1. The topological polar surface area (TPSA) is 45.9 Å². The number of carbonyl (C=O) groups excluding carboxylic acids is 1. The zero-order valence-corrected chi connectivity index (χ0v) is 16.2. The molecule has 3 aromatic rings. The second kappa shape index (κ2) is 10.1. The van der Waals surface area contributed by atoms with E-state index in [9.17, 15) is 4.79 Å². The first kappa shape index (κ1) is 19.3. The van der Waals surface area contributed by atoms with E-state index in [-0.39, 0.29) is 22.9 Å². The molecule has 0 saturated heterocycles. The lowest BCUT2D eigenvalue weighted by molar-refractivity contribution is -0.697. The number of nitrogens with one attached hydrogen (secondary N) is 1. The Morgan fingerprint density at radius 1 is 1.04 bits per heavy atom. The van der Waals surface area contributed by atoms with E-state index in [4.69, 9.17) is 0 Å². The molecule has 130 valence electrons. The molecule has 3 rings (SSSR count). The Hall–Kier alpha value is -2.05. The minimum absolute atomic E-state index is 0. The molecule has 1 N–H and O–H groups in total. The van der Waals surface area contributed by atoms with Crippen molar-refractivity contribution in [2.75, 3.05) is 5.32 Å². The maximum atomic E-state index is 12.0. The van der Waals surface area contributed by atoms with Gasteiger partial charge in [0.15, 0.2) is 17.5 Å². The molecule has 1 aromatic carbocycles. The summed E-state index contributed by atoms with van der Waals surface area (Å²) in [5, 5.41) is 5.52. The van der Waals surface area contributed by atoms with Crippen LogP contribution in [0, 0.1) is 0 Å². The summed E-state index contributed by atoms with van der Waals surface area (Å²) in [7, 11) is 0. The number of pyridine rings is 1. The third kappa shape index (κ3) is 6.07. The van der Waals surface area contributed by atoms with Gasteiger partial charge in [0.2, 0.25) is 5.91 Å². The lowest BCUT2D eigenvalue weighted by atomic mass is 10.2. The summed E-state index contributed by atoms with van der Waals surface area (Å²) in [5.41, 5.74) is 1.96. The number of unbranched alkanes of at least 4 members (excludes halogenated alkanes) is 1. The van der Waals surface area contributed by atoms with Crippen molar-refractivity contribution in [1.82, 2.24) is 4.98 Å². The minimum atomic E-state index is 0. The van der Waals surface area contributed by atoms with Crippen LogP contribution in [0.1, 0.15) is 19.3 Å². The standard InChI is InChI=1S/C19H19N3OS.BrH/c23-18(11-5-8-14-22-12-6-2-7-13-22)21-19-20-17(15-24-19)16-9-3-1-4-10-16;/h1-4,6-7,9-10,12-13,15H,5,8,11,14H2;1H. The second-order valence-electron chi connectivity index (χ2n) is 5.52. The minimum Gasteiger partial charge on any atom is -1.00 e. The van der Waals surface area contributed by atoms with Crippen LogP contribution in [0.3, 0.4) is 0 Å². The number of thiazole rings is 1. The highest BCUT2D eigenvalue weighted by atomic mass is 79.9. The van der Waals surface area contributed by atoms with Gasteiger partial charge >= 0.3 is 0 Å². The molecular weight excluding hydrogens is 398 g/mol. The molecule has 0 aliphatic carbocycles. The molecule has 6 heteroatoms. The van der Waals surface area contributed by atoms with Crippen LogP contribution >= 0.6 is 11.3 Å². The highest BCUT2D eigenvalue weighted by Gasteiger charge is 2.08. The van der Waals surface area contributed by atoms with Crippen molar-refractivity contribution >= 4 is 22.4 Å². The molecule has 0 bridgehead atoms. The van der Waals surface area contributed by atoms with Gasteiger partial charge in [-0.05, 0) is 6.42 Å². The molecule has 2 aromatic heterocycles. The van der Waals surface area contributed by atoms with Crippen LogP contribution in [0.2, 0.25) is 0 Å². The number of rotatable bonds is 7. The molecule has 25 heavy (non-hydrogen) atoms. The van der Waals surface area contributed by atoms with E-state index in [1.54, 1.807) is 0 Å². The van der Waals surface area contributed by atoms with Crippen LogP contribution in [-0.4, -0.2) is 10.9 Å². The van der Waals surface area contributed by atoms with Crippen molar-refractivity contribution in [3.8, 4) is 11.3 Å². The molecular formula is C19H20BrN3OS. The van der Waals surface area contributed by atoms with Crippen LogP contribution in [0.4, 0.5) is 5.13 Å². The number of hydrogen-bond donors (Lipinski definition) is 1. The lowest BCUT2D eigenvalue weighted by Crippen LogP contribution is -3.00. The Morgan fingerprint density at radius 2 is 1.76 bits per heavy atom. The SMILES string of the molecule is O=C(CCCC[n+]1ccccc1)Nc1nc(-c2ccccc2)cs1.[Br-]. The Bertz CT molecular complexity index is 778. The van der Waals surface area contributed by atoms with Crippen molar-refractivity contribution in [3.05, 3.63) is 66.3 Å². The highest BCUT2D eigenvalue weighted by molar-refractivity contribution is 7.14. The van der Waals surface area contributed by atoms with Crippen LogP contribution in [0.5, 0.6) is 0 Å². The predicted octanol–water partition coefficient (Wildman–Crippen LogP) is 0.911. The normalized spacial score (nSPS) is 10.1. The van der Waals surface area contributed by atoms with Crippen LogP contribution in [0.25, 0.3) is 11.3 Å². The van der Waals surface area contributed by atoms with E-state index in [2.05, 4.69) is 14.9 Å². The molecule has 0 fully saturated rings. The predicted molar refractivity (Wildman–Crippen MR) is 96.7 cm³/mol. The number of aryl methyl sites for hydroxylation is 1. The van der Waals surface area contributed by atoms with Gasteiger partial charge in [-0.25, -0.2) is 9.55 Å². The van der Waals surface area contributed by atoms with Crippen molar-refractivity contribution in [3.63, 3.8) is 0 Å². The summed E-state index contributed by atoms with van der Waals surface area (Å²) >= 11 is 1.46. The summed E-state index contributed by atoms with van der Waals surface area (Å²) in [6.07, 6.45) is 6.45. The third-order valence-corrected chi connectivity index (χ3v) is 4.43. The Labute approximate surface area is 162 Å². The largest absolute Gasteiger partial charge is 1.00 e. The summed E-state index contributed by atoms with van der Waals surface area (Å²) in [5.74, 6) is 0.0297. The first-order valence-electron chi connectivity index (χ1n) is 8.06. The summed E-state index contributed by atoms with van der Waals surface area (Å²) in [6.45, 7) is 0.934. The van der Waals surface area contributed by atoms with Gasteiger partial charge in [0.05, 0.1) is 5.69 Å². The molecule has 2 heterocycles. The summed E-state index contributed by atoms with van der Waals surface area (Å²) in [6, 6.07) is 16.0.